The Balaban J connectivity index is 1.72. The van der Waals surface area contributed by atoms with Crippen LogP contribution in [-0.4, -0.2) is 60.9 Å². The fraction of sp³-hybridized carbons (Fsp3) is 0.500. The lowest BCUT2D eigenvalue weighted by atomic mass is 10.0. The van der Waals surface area contributed by atoms with Crippen molar-refractivity contribution in [3.05, 3.63) is 23.8 Å². The van der Waals surface area contributed by atoms with E-state index in [9.17, 15) is 14.4 Å². The van der Waals surface area contributed by atoms with Crippen LogP contribution in [0.3, 0.4) is 0 Å². The van der Waals surface area contributed by atoms with Crippen LogP contribution in [0.4, 0.5) is 0 Å². The second-order valence-corrected chi connectivity index (χ2v) is 6.22. The minimum Gasteiger partial charge on any atom is -0.496 e. The van der Waals surface area contributed by atoms with Crippen molar-refractivity contribution in [2.24, 2.45) is 0 Å². The van der Waals surface area contributed by atoms with Crippen molar-refractivity contribution < 1.29 is 23.9 Å². The van der Waals surface area contributed by atoms with Gasteiger partial charge in [-0.05, 0) is 25.0 Å². The summed E-state index contributed by atoms with van der Waals surface area (Å²) in [7, 11) is 3.03. The first-order valence-corrected chi connectivity index (χ1v) is 8.42. The predicted molar refractivity (Wildman–Crippen MR) is 89.6 cm³/mol. The van der Waals surface area contributed by atoms with Gasteiger partial charge in [0.2, 0.25) is 11.8 Å². The number of carbonyl (C=O) groups is 3. The average molecular weight is 346 g/mol. The molecule has 0 saturated carbocycles. The molecule has 25 heavy (non-hydrogen) atoms. The highest BCUT2D eigenvalue weighted by molar-refractivity contribution is 6.02. The zero-order valence-corrected chi connectivity index (χ0v) is 14.5. The van der Waals surface area contributed by atoms with Crippen LogP contribution in [-0.2, 0) is 9.59 Å². The number of methoxy groups -OCH3 is 2. The van der Waals surface area contributed by atoms with Crippen LogP contribution >= 0.6 is 0 Å². The summed E-state index contributed by atoms with van der Waals surface area (Å²) in [6.45, 7) is 0.976. The lowest BCUT2D eigenvalue weighted by Crippen LogP contribution is -2.48. The SMILES string of the molecule is COc1cccc(OC)c1C(=O)N1CCC(N2C(=O)CCC2=O)CC1. The van der Waals surface area contributed by atoms with Crippen LogP contribution in [0.5, 0.6) is 11.5 Å². The molecule has 2 heterocycles. The van der Waals surface area contributed by atoms with E-state index in [1.165, 1.54) is 19.1 Å². The van der Waals surface area contributed by atoms with Gasteiger partial charge in [0.25, 0.3) is 5.91 Å². The van der Waals surface area contributed by atoms with Crippen molar-refractivity contribution in [3.63, 3.8) is 0 Å². The van der Waals surface area contributed by atoms with Gasteiger partial charge in [-0.2, -0.15) is 0 Å². The third kappa shape index (κ3) is 3.18. The molecule has 0 aromatic heterocycles. The molecule has 7 heteroatoms. The first-order valence-electron chi connectivity index (χ1n) is 8.42. The summed E-state index contributed by atoms with van der Waals surface area (Å²) in [5.41, 5.74) is 0.402. The first kappa shape index (κ1) is 17.3. The number of benzene rings is 1. The highest BCUT2D eigenvalue weighted by Gasteiger charge is 2.37. The number of hydrogen-bond acceptors (Lipinski definition) is 5. The molecule has 7 nitrogen and oxygen atoms in total. The number of hydrogen-bond donors (Lipinski definition) is 0. The summed E-state index contributed by atoms with van der Waals surface area (Å²) < 4.78 is 10.6. The van der Waals surface area contributed by atoms with E-state index in [1.54, 1.807) is 23.1 Å². The zero-order chi connectivity index (χ0) is 18.0. The fourth-order valence-corrected chi connectivity index (χ4v) is 3.55. The molecular weight excluding hydrogens is 324 g/mol. The molecule has 3 rings (SSSR count). The molecule has 0 unspecified atom stereocenters. The van der Waals surface area contributed by atoms with E-state index in [0.29, 0.717) is 55.8 Å². The van der Waals surface area contributed by atoms with Crippen molar-refractivity contribution in [2.75, 3.05) is 27.3 Å². The third-order valence-corrected chi connectivity index (χ3v) is 4.85. The smallest absolute Gasteiger partial charge is 0.261 e. The second-order valence-electron chi connectivity index (χ2n) is 6.22. The van der Waals surface area contributed by atoms with E-state index in [0.717, 1.165) is 0 Å². The maximum absolute atomic E-state index is 12.9. The summed E-state index contributed by atoms with van der Waals surface area (Å²) in [5.74, 6) is 0.585. The van der Waals surface area contributed by atoms with Crippen molar-refractivity contribution in [3.8, 4) is 11.5 Å². The monoisotopic (exact) mass is 346 g/mol. The third-order valence-electron chi connectivity index (χ3n) is 4.85. The van der Waals surface area contributed by atoms with E-state index < -0.39 is 0 Å². The molecule has 134 valence electrons. The largest absolute Gasteiger partial charge is 0.496 e. The van der Waals surface area contributed by atoms with E-state index in [-0.39, 0.29) is 23.8 Å². The van der Waals surface area contributed by atoms with Gasteiger partial charge in [0.05, 0.1) is 14.2 Å². The Hall–Kier alpha value is -2.57. The van der Waals surface area contributed by atoms with Crippen LogP contribution in [0.25, 0.3) is 0 Å². The molecule has 2 aliphatic rings. The second kappa shape index (κ2) is 7.13. The van der Waals surface area contributed by atoms with E-state index in [1.807, 2.05) is 0 Å². The Morgan fingerprint density at radius 3 is 2.00 bits per heavy atom. The van der Waals surface area contributed by atoms with Gasteiger partial charge in [-0.1, -0.05) is 6.07 Å². The Labute approximate surface area is 146 Å². The maximum atomic E-state index is 12.9. The maximum Gasteiger partial charge on any atom is 0.261 e. The minimum absolute atomic E-state index is 0.0961. The highest BCUT2D eigenvalue weighted by atomic mass is 16.5. The Morgan fingerprint density at radius 2 is 1.52 bits per heavy atom. The van der Waals surface area contributed by atoms with E-state index >= 15 is 0 Å². The van der Waals surface area contributed by atoms with Gasteiger partial charge in [0.1, 0.15) is 17.1 Å². The molecule has 1 aromatic carbocycles. The lowest BCUT2D eigenvalue weighted by Gasteiger charge is -2.36. The number of carbonyl (C=O) groups excluding carboxylic acids is 3. The minimum atomic E-state index is -0.160. The van der Waals surface area contributed by atoms with Crippen molar-refractivity contribution in [2.45, 2.75) is 31.7 Å². The predicted octanol–water partition coefficient (Wildman–Crippen LogP) is 1.46. The van der Waals surface area contributed by atoms with Gasteiger partial charge in [-0.3, -0.25) is 19.3 Å². The van der Waals surface area contributed by atoms with Gasteiger partial charge in [-0.25, -0.2) is 0 Å². The molecule has 0 aliphatic carbocycles. The zero-order valence-electron chi connectivity index (χ0n) is 14.5. The molecule has 3 amide bonds. The van der Waals surface area contributed by atoms with Crippen LogP contribution in [0, 0.1) is 0 Å². The van der Waals surface area contributed by atoms with Crippen molar-refractivity contribution in [1.29, 1.82) is 0 Å². The number of nitrogens with zero attached hydrogens (tertiary/aromatic N) is 2. The molecule has 1 aromatic rings. The number of amides is 3. The molecule has 0 N–H and O–H groups in total. The molecule has 0 bridgehead atoms. The van der Waals surface area contributed by atoms with Gasteiger partial charge in [-0.15, -0.1) is 0 Å². The highest BCUT2D eigenvalue weighted by Crippen LogP contribution is 2.31. The molecule has 0 spiro atoms. The summed E-state index contributed by atoms with van der Waals surface area (Å²) in [6, 6.07) is 5.12. The first-order chi connectivity index (χ1) is 12.1. The molecule has 2 saturated heterocycles. The number of rotatable bonds is 4. The van der Waals surface area contributed by atoms with Crippen LogP contribution in [0.2, 0.25) is 0 Å². The van der Waals surface area contributed by atoms with Gasteiger partial charge >= 0.3 is 0 Å². The summed E-state index contributed by atoms with van der Waals surface area (Å²) in [5, 5.41) is 0. The fourth-order valence-electron chi connectivity index (χ4n) is 3.55. The summed E-state index contributed by atoms with van der Waals surface area (Å²) in [4.78, 5) is 39.8. The van der Waals surface area contributed by atoms with Gasteiger partial charge in [0, 0.05) is 32.0 Å². The normalized spacial score (nSPS) is 18.6. The molecule has 2 fully saturated rings. The van der Waals surface area contributed by atoms with Crippen LogP contribution in [0.1, 0.15) is 36.0 Å². The standard InChI is InChI=1S/C18H22N2O5/c1-24-13-4-3-5-14(25-2)17(13)18(23)19-10-8-12(9-11-19)20-15(21)6-7-16(20)22/h3-5,12H,6-11H2,1-2H3. The van der Waals surface area contributed by atoms with E-state index in [2.05, 4.69) is 0 Å². The lowest BCUT2D eigenvalue weighted by molar-refractivity contribution is -0.141. The molecular formula is C18H22N2O5. The molecule has 0 atom stereocenters. The number of likely N-dealkylation sites (tertiary alicyclic amines) is 2. The average Bonchev–Trinajstić information content (AvgIpc) is 2.98. The summed E-state index contributed by atoms with van der Waals surface area (Å²) >= 11 is 0. The number of ether oxygens (including phenoxy) is 2. The Bertz CT molecular complexity index is 656. The van der Waals surface area contributed by atoms with Crippen LogP contribution in [0.15, 0.2) is 18.2 Å². The van der Waals surface area contributed by atoms with Gasteiger partial charge < -0.3 is 14.4 Å². The molecule has 2 aliphatic heterocycles. The number of piperidine rings is 1. The van der Waals surface area contributed by atoms with Gasteiger partial charge in [0.15, 0.2) is 0 Å². The number of imide groups is 1. The molecule has 0 radical (unpaired) electrons. The quantitative estimate of drug-likeness (QED) is 0.772. The topological polar surface area (TPSA) is 76.2 Å². The van der Waals surface area contributed by atoms with E-state index in [4.69, 9.17) is 9.47 Å². The van der Waals surface area contributed by atoms with Crippen LogP contribution < -0.4 is 9.47 Å². The van der Waals surface area contributed by atoms with Crippen molar-refractivity contribution in [1.82, 2.24) is 9.80 Å². The Morgan fingerprint density at radius 1 is 1.00 bits per heavy atom. The van der Waals surface area contributed by atoms with Crippen molar-refractivity contribution >= 4 is 17.7 Å². The summed E-state index contributed by atoms with van der Waals surface area (Å²) in [6.07, 6.45) is 1.80. The Kier molecular flexibility index (Phi) is 4.92.